The van der Waals surface area contributed by atoms with E-state index in [1.54, 1.807) is 18.2 Å². The van der Waals surface area contributed by atoms with Gasteiger partial charge in [-0.15, -0.1) is 6.42 Å². The van der Waals surface area contributed by atoms with Gasteiger partial charge in [-0.05, 0) is 44.0 Å². The first-order valence-electron chi connectivity index (χ1n) is 12.9. The lowest BCUT2D eigenvalue weighted by Crippen LogP contribution is -2.38. The number of halogens is 3. The second-order valence-corrected chi connectivity index (χ2v) is 9.90. The Bertz CT molecular complexity index is 1470. The van der Waals surface area contributed by atoms with Crippen molar-refractivity contribution in [1.29, 1.82) is 0 Å². The first-order chi connectivity index (χ1) is 20.2. The van der Waals surface area contributed by atoms with E-state index in [1.165, 1.54) is 24.0 Å². The van der Waals surface area contributed by atoms with E-state index in [4.69, 9.17) is 26.8 Å². The lowest BCUT2D eigenvalue weighted by atomic mass is 10.0. The number of anilines is 1. The molecule has 12 nitrogen and oxygen atoms in total. The van der Waals surface area contributed by atoms with Crippen molar-refractivity contribution < 1.29 is 37.4 Å². The topological polar surface area (TPSA) is 166 Å². The predicted molar refractivity (Wildman–Crippen MR) is 152 cm³/mol. The van der Waals surface area contributed by atoms with Gasteiger partial charge in [-0.25, -0.2) is 4.98 Å². The molecule has 3 rings (SSSR count). The van der Waals surface area contributed by atoms with Gasteiger partial charge in [0.25, 0.3) is 18.3 Å². The molecule has 232 valence electrons. The Morgan fingerprint density at radius 1 is 1.26 bits per heavy atom. The largest absolute Gasteiger partial charge is 0.483 e. The summed E-state index contributed by atoms with van der Waals surface area (Å²) in [6, 6.07) is 4.82. The van der Waals surface area contributed by atoms with E-state index in [9.17, 15) is 22.8 Å². The maximum Gasteiger partial charge on any atom is 0.435 e. The molecule has 0 saturated heterocycles. The zero-order valence-electron chi connectivity index (χ0n) is 24.2. The third kappa shape index (κ3) is 9.69. The van der Waals surface area contributed by atoms with Gasteiger partial charge >= 0.3 is 6.18 Å². The number of rotatable bonds is 11. The number of hydrogen-bond donors (Lipinski definition) is 4. The van der Waals surface area contributed by atoms with Crippen molar-refractivity contribution in [3.05, 3.63) is 53.2 Å². The van der Waals surface area contributed by atoms with Crippen molar-refractivity contribution in [2.45, 2.75) is 45.5 Å². The van der Waals surface area contributed by atoms with Gasteiger partial charge in [0, 0.05) is 36.6 Å². The monoisotopic (exact) mass is 605 g/mol. The molecule has 0 radical (unpaired) electrons. The Kier molecular flexibility index (Phi) is 12.0. The molecule has 0 aliphatic rings. The molecule has 2 amide bonds. The number of alkyl halides is 3. The number of ether oxygens (including phenoxy) is 1. The summed E-state index contributed by atoms with van der Waals surface area (Å²) in [4.78, 5) is 38.1. The van der Waals surface area contributed by atoms with Crippen LogP contribution in [0.2, 0.25) is 0 Å². The molecular formula is C28H34F3N7O5. The van der Waals surface area contributed by atoms with Crippen molar-refractivity contribution in [3.63, 3.8) is 0 Å². The van der Waals surface area contributed by atoms with Gasteiger partial charge in [-0.2, -0.15) is 18.3 Å². The summed E-state index contributed by atoms with van der Waals surface area (Å²) >= 11 is 0. The maximum absolute atomic E-state index is 13.6. The second kappa shape index (κ2) is 15.0. The molecule has 0 bridgehead atoms. The van der Waals surface area contributed by atoms with Gasteiger partial charge in [-0.3, -0.25) is 19.1 Å². The molecule has 1 aromatic carbocycles. The molecule has 0 unspecified atom stereocenters. The average molecular weight is 606 g/mol. The number of amides is 2. The van der Waals surface area contributed by atoms with Gasteiger partial charge in [0.05, 0.1) is 30.7 Å². The Morgan fingerprint density at radius 2 is 1.93 bits per heavy atom. The van der Waals surface area contributed by atoms with Gasteiger partial charge in [0.1, 0.15) is 6.54 Å². The van der Waals surface area contributed by atoms with Crippen molar-refractivity contribution in [2.24, 2.45) is 12.8 Å². The standard InChI is InChI=1S/C27H32F3N7O3.CH2O2/c1-6-11-37-15-20(22(35-37)27(28,29)30)21-14-33-23(36(21)5)25(39)34-18-8-9-19(17(7-2)13-18)24(38)32-10-12-40-16-26(3,4)31;2-1-3/h1,8-9,13-15H,7,10-12,16,31H2,2-5H3,(H,32,38)(H,34,39);1H,(H,2,3). The fourth-order valence-corrected chi connectivity index (χ4v) is 3.90. The van der Waals surface area contributed by atoms with Crippen LogP contribution >= 0.6 is 0 Å². The zero-order valence-corrected chi connectivity index (χ0v) is 24.2. The van der Waals surface area contributed by atoms with Gasteiger partial charge in [0.2, 0.25) is 0 Å². The van der Waals surface area contributed by atoms with Crippen molar-refractivity contribution in [2.75, 3.05) is 25.1 Å². The van der Waals surface area contributed by atoms with Crippen LogP contribution in [0.3, 0.4) is 0 Å². The number of nitrogens with zero attached hydrogens (tertiary/aromatic N) is 4. The number of aromatic nitrogens is 4. The highest BCUT2D eigenvalue weighted by Gasteiger charge is 2.38. The van der Waals surface area contributed by atoms with E-state index in [-0.39, 0.29) is 36.0 Å². The van der Waals surface area contributed by atoms with Crippen LogP contribution in [0.1, 0.15) is 53.0 Å². The van der Waals surface area contributed by atoms with E-state index >= 15 is 0 Å². The van der Waals surface area contributed by atoms with Crippen LogP contribution in [0.15, 0.2) is 30.6 Å². The molecule has 0 aliphatic carbocycles. The first kappa shape index (κ1) is 34.5. The highest BCUT2D eigenvalue weighted by Crippen LogP contribution is 2.36. The summed E-state index contributed by atoms with van der Waals surface area (Å²) in [5, 5.41) is 15.9. The highest BCUT2D eigenvalue weighted by molar-refractivity contribution is 6.03. The molecule has 0 aliphatic heterocycles. The summed E-state index contributed by atoms with van der Waals surface area (Å²) in [6.45, 7) is 6.11. The minimum Gasteiger partial charge on any atom is -0.483 e. The fourth-order valence-electron chi connectivity index (χ4n) is 3.90. The number of imidazole rings is 1. The molecule has 0 atom stereocenters. The van der Waals surface area contributed by atoms with Crippen molar-refractivity contribution in [3.8, 4) is 23.6 Å². The van der Waals surface area contributed by atoms with Crippen LogP contribution in [0.25, 0.3) is 11.3 Å². The second-order valence-electron chi connectivity index (χ2n) is 9.90. The molecule has 0 spiro atoms. The Labute approximate surface area is 246 Å². The molecular weight excluding hydrogens is 571 g/mol. The Balaban J connectivity index is 0.00000206. The van der Waals surface area contributed by atoms with Crippen LogP contribution in [-0.4, -0.2) is 68.0 Å². The molecule has 15 heteroatoms. The van der Waals surface area contributed by atoms with E-state index in [0.717, 1.165) is 4.68 Å². The van der Waals surface area contributed by atoms with Crippen molar-refractivity contribution in [1.82, 2.24) is 24.6 Å². The summed E-state index contributed by atoms with van der Waals surface area (Å²) < 4.78 is 48.5. The van der Waals surface area contributed by atoms with Gasteiger partial charge in [-0.1, -0.05) is 12.8 Å². The number of benzene rings is 1. The minimum atomic E-state index is -4.74. The number of carboxylic acid groups (broad SMARTS) is 1. The summed E-state index contributed by atoms with van der Waals surface area (Å²) in [5.74, 6) is 1.20. The Hall–Kier alpha value is -4.68. The molecule has 3 aromatic rings. The quantitative estimate of drug-likeness (QED) is 0.147. The molecule has 0 fully saturated rings. The number of hydrogen-bond acceptors (Lipinski definition) is 7. The molecule has 2 aromatic heterocycles. The molecule has 0 saturated carbocycles. The number of aryl methyl sites for hydroxylation is 1. The van der Waals surface area contributed by atoms with E-state index in [2.05, 4.69) is 26.6 Å². The van der Waals surface area contributed by atoms with Crippen molar-refractivity contribution >= 4 is 24.0 Å². The number of nitrogens with one attached hydrogen (secondary N) is 2. The van der Waals surface area contributed by atoms with Gasteiger partial charge in [0.15, 0.2) is 11.5 Å². The summed E-state index contributed by atoms with van der Waals surface area (Å²) in [6.07, 6.45) is 3.33. The van der Waals surface area contributed by atoms with E-state index in [0.29, 0.717) is 43.0 Å². The van der Waals surface area contributed by atoms with E-state index in [1.807, 2.05) is 20.8 Å². The predicted octanol–water partition coefficient (Wildman–Crippen LogP) is 2.93. The smallest absolute Gasteiger partial charge is 0.435 e. The third-order valence-corrected chi connectivity index (χ3v) is 5.75. The number of carbonyl (C=O) groups is 3. The van der Waals surface area contributed by atoms with Crippen LogP contribution in [0.4, 0.5) is 18.9 Å². The summed E-state index contributed by atoms with van der Waals surface area (Å²) in [5.41, 5.74) is 5.59. The number of terminal acetylenes is 1. The normalized spacial score (nSPS) is 11.2. The molecule has 43 heavy (non-hydrogen) atoms. The maximum atomic E-state index is 13.6. The van der Waals surface area contributed by atoms with Gasteiger partial charge < -0.3 is 30.8 Å². The minimum absolute atomic E-state index is 0.0426. The lowest BCUT2D eigenvalue weighted by Gasteiger charge is -2.18. The van der Waals surface area contributed by atoms with Crippen LogP contribution in [0, 0.1) is 12.3 Å². The number of carbonyl (C=O) groups excluding carboxylic acids is 2. The fraction of sp³-hybridized carbons (Fsp3) is 0.393. The zero-order chi connectivity index (χ0) is 32.4. The third-order valence-electron chi connectivity index (χ3n) is 5.75. The Morgan fingerprint density at radius 3 is 2.51 bits per heavy atom. The highest BCUT2D eigenvalue weighted by atomic mass is 19.4. The first-order valence-corrected chi connectivity index (χ1v) is 12.9. The summed E-state index contributed by atoms with van der Waals surface area (Å²) in [7, 11) is 1.43. The average Bonchev–Trinajstić information content (AvgIpc) is 3.51. The van der Waals surface area contributed by atoms with Crippen LogP contribution < -0.4 is 16.4 Å². The number of nitrogens with two attached hydrogens (primary N) is 1. The molecule has 5 N–H and O–H groups in total. The lowest BCUT2D eigenvalue weighted by molar-refractivity contribution is -0.141. The SMILES string of the molecule is C#CCn1cc(-c2cnc(C(=O)Nc3ccc(C(=O)NCCOCC(C)(C)N)c(CC)c3)n2C)c(C(F)(F)F)n1.O=CO. The van der Waals surface area contributed by atoms with E-state index < -0.39 is 23.3 Å². The van der Waals surface area contributed by atoms with Crippen LogP contribution in [0.5, 0.6) is 0 Å². The van der Waals surface area contributed by atoms with Crippen LogP contribution in [-0.2, 0) is 35.7 Å². The molecule has 2 heterocycles.